The van der Waals surface area contributed by atoms with Crippen molar-refractivity contribution in [1.29, 1.82) is 5.26 Å². The van der Waals surface area contributed by atoms with Crippen LogP contribution in [0.3, 0.4) is 0 Å². The lowest BCUT2D eigenvalue weighted by Crippen LogP contribution is -2.02. The van der Waals surface area contributed by atoms with E-state index < -0.39 is 5.97 Å². The Labute approximate surface area is 103 Å². The Morgan fingerprint density at radius 2 is 2.18 bits per heavy atom. The molecule has 0 aromatic rings. The minimum Gasteiger partial charge on any atom is -0.478 e. The molecule has 0 aliphatic rings. The lowest BCUT2D eigenvalue weighted by atomic mass is 9.91. The summed E-state index contributed by atoms with van der Waals surface area (Å²) in [4.78, 5) is 10.6. The van der Waals surface area contributed by atoms with Gasteiger partial charge in [-0.1, -0.05) is 46.1 Å². The maximum Gasteiger partial charge on any atom is 0.335 e. The van der Waals surface area contributed by atoms with Crippen LogP contribution in [-0.4, -0.2) is 11.1 Å². The summed E-state index contributed by atoms with van der Waals surface area (Å²) in [5.74, 6) is -0.609. The average Bonchev–Trinajstić information content (AvgIpc) is 2.32. The third-order valence-corrected chi connectivity index (χ3v) is 2.82. The second-order valence-electron chi connectivity index (χ2n) is 4.23. The number of rotatable bonds is 8. The molecular weight excluding hydrogens is 214 g/mol. The fourth-order valence-corrected chi connectivity index (χ4v) is 1.66. The molecule has 1 atom stereocenters. The number of nitrogens with zero attached hydrogens (tertiary/aromatic N) is 1. The van der Waals surface area contributed by atoms with Crippen molar-refractivity contribution < 1.29 is 9.90 Å². The molecule has 0 heterocycles. The van der Waals surface area contributed by atoms with Crippen LogP contribution >= 0.6 is 0 Å². The van der Waals surface area contributed by atoms with Crippen LogP contribution in [0.5, 0.6) is 0 Å². The molecule has 0 aromatic heterocycles. The van der Waals surface area contributed by atoms with Gasteiger partial charge in [0.05, 0.1) is 11.6 Å². The molecule has 0 saturated heterocycles. The van der Waals surface area contributed by atoms with Crippen LogP contribution in [-0.2, 0) is 4.79 Å². The molecule has 0 amide bonds. The Morgan fingerprint density at radius 1 is 1.53 bits per heavy atom. The van der Waals surface area contributed by atoms with E-state index in [1.807, 2.05) is 0 Å². The van der Waals surface area contributed by atoms with E-state index in [1.54, 1.807) is 0 Å². The van der Waals surface area contributed by atoms with Gasteiger partial charge in [-0.05, 0) is 18.4 Å². The molecule has 3 nitrogen and oxygen atoms in total. The standard InChI is InChI=1S/C14H21NO2/c1-4-6-7-12(5-2)9-13(10-15)8-11(3)14(16)17/h8,12H,3-7,9H2,1-2H3,(H,16,17). The molecule has 94 valence electrons. The number of carboxylic acid groups (broad SMARTS) is 1. The van der Waals surface area contributed by atoms with E-state index in [0.717, 1.165) is 25.7 Å². The van der Waals surface area contributed by atoms with Crippen LogP contribution in [0.1, 0.15) is 46.0 Å². The lowest BCUT2D eigenvalue weighted by molar-refractivity contribution is -0.132. The number of allylic oxidation sites excluding steroid dienone is 1. The number of carboxylic acids is 1. The Hall–Kier alpha value is -1.56. The molecule has 0 aliphatic heterocycles. The zero-order valence-electron chi connectivity index (χ0n) is 10.7. The van der Waals surface area contributed by atoms with Crippen LogP contribution in [0.25, 0.3) is 0 Å². The predicted molar refractivity (Wildman–Crippen MR) is 68.4 cm³/mol. The second kappa shape index (κ2) is 8.58. The van der Waals surface area contributed by atoms with Gasteiger partial charge in [-0.25, -0.2) is 4.79 Å². The topological polar surface area (TPSA) is 61.1 Å². The number of hydrogen-bond acceptors (Lipinski definition) is 2. The van der Waals surface area contributed by atoms with E-state index in [9.17, 15) is 4.79 Å². The van der Waals surface area contributed by atoms with Crippen molar-refractivity contribution in [2.75, 3.05) is 0 Å². The van der Waals surface area contributed by atoms with Gasteiger partial charge < -0.3 is 5.11 Å². The van der Waals surface area contributed by atoms with Gasteiger partial charge in [0.1, 0.15) is 0 Å². The molecule has 1 unspecified atom stereocenters. The number of hydrogen-bond donors (Lipinski definition) is 1. The predicted octanol–water partition coefficient (Wildman–Crippen LogP) is 3.68. The lowest BCUT2D eigenvalue weighted by Gasteiger charge is -2.13. The molecule has 0 saturated carbocycles. The van der Waals surface area contributed by atoms with Gasteiger partial charge in [0.15, 0.2) is 0 Å². The van der Waals surface area contributed by atoms with E-state index in [1.165, 1.54) is 6.08 Å². The molecule has 0 aromatic carbocycles. The number of unbranched alkanes of at least 4 members (excludes halogenated alkanes) is 1. The van der Waals surface area contributed by atoms with Gasteiger partial charge in [0, 0.05) is 5.57 Å². The van der Waals surface area contributed by atoms with Gasteiger partial charge in [-0.15, -0.1) is 0 Å². The normalized spacial score (nSPS) is 12.9. The Morgan fingerprint density at radius 3 is 2.59 bits per heavy atom. The minimum atomic E-state index is -1.07. The number of nitriles is 1. The largest absolute Gasteiger partial charge is 0.478 e. The highest BCUT2D eigenvalue weighted by molar-refractivity contribution is 5.89. The molecule has 0 bridgehead atoms. The summed E-state index contributed by atoms with van der Waals surface area (Å²) in [6.45, 7) is 7.65. The van der Waals surface area contributed by atoms with Crippen molar-refractivity contribution in [1.82, 2.24) is 0 Å². The average molecular weight is 235 g/mol. The maximum absolute atomic E-state index is 10.6. The molecule has 0 aliphatic carbocycles. The summed E-state index contributed by atoms with van der Waals surface area (Å²) in [7, 11) is 0. The van der Waals surface area contributed by atoms with Gasteiger partial charge in [-0.3, -0.25) is 0 Å². The first kappa shape index (κ1) is 15.4. The van der Waals surface area contributed by atoms with Crippen molar-refractivity contribution in [3.8, 4) is 6.07 Å². The van der Waals surface area contributed by atoms with E-state index in [-0.39, 0.29) is 5.57 Å². The third kappa shape index (κ3) is 6.57. The first-order valence-electron chi connectivity index (χ1n) is 6.07. The van der Waals surface area contributed by atoms with E-state index in [4.69, 9.17) is 10.4 Å². The van der Waals surface area contributed by atoms with Crippen LogP contribution in [0.4, 0.5) is 0 Å². The van der Waals surface area contributed by atoms with Crippen LogP contribution < -0.4 is 0 Å². The van der Waals surface area contributed by atoms with Crippen molar-refractivity contribution in [3.05, 3.63) is 23.8 Å². The summed E-state index contributed by atoms with van der Waals surface area (Å²) in [6.07, 6.45) is 6.43. The van der Waals surface area contributed by atoms with Crippen LogP contribution in [0.15, 0.2) is 23.8 Å². The molecule has 0 rings (SSSR count). The fourth-order valence-electron chi connectivity index (χ4n) is 1.66. The minimum absolute atomic E-state index is 0.0214. The van der Waals surface area contributed by atoms with Crippen molar-refractivity contribution in [2.24, 2.45) is 5.92 Å². The molecule has 0 spiro atoms. The quantitative estimate of drug-likeness (QED) is 0.396. The van der Waals surface area contributed by atoms with Gasteiger partial charge in [-0.2, -0.15) is 5.26 Å². The summed E-state index contributed by atoms with van der Waals surface area (Å²) in [5, 5.41) is 17.7. The maximum atomic E-state index is 10.6. The Balaban J connectivity index is 4.52. The molecule has 1 N–H and O–H groups in total. The Kier molecular flexibility index (Phi) is 7.79. The number of aliphatic carboxylic acids is 1. The zero-order valence-corrected chi connectivity index (χ0v) is 10.7. The van der Waals surface area contributed by atoms with Crippen molar-refractivity contribution >= 4 is 5.97 Å². The first-order chi connectivity index (χ1) is 8.04. The van der Waals surface area contributed by atoms with Crippen LogP contribution in [0.2, 0.25) is 0 Å². The van der Waals surface area contributed by atoms with E-state index in [0.29, 0.717) is 17.9 Å². The highest BCUT2D eigenvalue weighted by Crippen LogP contribution is 2.21. The van der Waals surface area contributed by atoms with E-state index >= 15 is 0 Å². The summed E-state index contributed by atoms with van der Waals surface area (Å²) in [5.41, 5.74) is 0.493. The van der Waals surface area contributed by atoms with Gasteiger partial charge >= 0.3 is 5.97 Å². The first-order valence-corrected chi connectivity index (χ1v) is 6.07. The SMILES string of the molecule is C=C(C=C(C#N)CC(CC)CCCC)C(=O)O. The molecule has 0 fully saturated rings. The highest BCUT2D eigenvalue weighted by Gasteiger charge is 2.10. The summed E-state index contributed by atoms with van der Waals surface area (Å²) < 4.78 is 0. The van der Waals surface area contributed by atoms with Crippen LogP contribution in [0, 0.1) is 17.2 Å². The molecule has 3 heteroatoms. The monoisotopic (exact) mass is 235 g/mol. The highest BCUT2D eigenvalue weighted by atomic mass is 16.4. The van der Waals surface area contributed by atoms with Gasteiger partial charge in [0.25, 0.3) is 0 Å². The van der Waals surface area contributed by atoms with Crippen molar-refractivity contribution in [2.45, 2.75) is 46.0 Å². The van der Waals surface area contributed by atoms with Crippen molar-refractivity contribution in [3.63, 3.8) is 0 Å². The molecule has 0 radical (unpaired) electrons. The Bertz CT molecular complexity index is 337. The molecular formula is C14H21NO2. The second-order valence-corrected chi connectivity index (χ2v) is 4.23. The third-order valence-electron chi connectivity index (χ3n) is 2.82. The smallest absolute Gasteiger partial charge is 0.335 e. The summed E-state index contributed by atoms with van der Waals surface area (Å²) >= 11 is 0. The fraction of sp³-hybridized carbons (Fsp3) is 0.571. The zero-order chi connectivity index (χ0) is 13.3. The van der Waals surface area contributed by atoms with Gasteiger partial charge in [0.2, 0.25) is 0 Å². The van der Waals surface area contributed by atoms with E-state index in [2.05, 4.69) is 26.5 Å². The number of carbonyl (C=O) groups is 1. The summed E-state index contributed by atoms with van der Waals surface area (Å²) in [6, 6.07) is 2.07. The molecule has 17 heavy (non-hydrogen) atoms.